The fourth-order valence-corrected chi connectivity index (χ4v) is 4.48. The molecule has 4 N–H and O–H groups in total. The van der Waals surface area contributed by atoms with E-state index in [-0.39, 0.29) is 6.10 Å². The van der Waals surface area contributed by atoms with Gasteiger partial charge in [-0.1, -0.05) is 29.8 Å². The van der Waals surface area contributed by atoms with E-state index in [0.717, 1.165) is 23.3 Å². The van der Waals surface area contributed by atoms with Crippen LogP contribution in [0.2, 0.25) is 5.02 Å². The van der Waals surface area contributed by atoms with E-state index >= 15 is 0 Å². The molecule has 0 saturated carbocycles. The Morgan fingerprint density at radius 2 is 1.85 bits per heavy atom. The molecule has 2 saturated heterocycles. The molecule has 0 aromatic heterocycles. The van der Waals surface area contributed by atoms with Gasteiger partial charge in [0.1, 0.15) is 36.3 Å². The molecule has 0 bridgehead atoms. The number of halogens is 1. The molecule has 2 aromatic rings. The topological polar surface area (TPSA) is 118 Å². The van der Waals surface area contributed by atoms with Crippen LogP contribution in [-0.4, -0.2) is 77.9 Å². The second-order valence-electron chi connectivity index (χ2n) is 8.37. The summed E-state index contributed by atoms with van der Waals surface area (Å²) < 4.78 is 22.5. The van der Waals surface area contributed by atoms with Gasteiger partial charge < -0.3 is 39.4 Å². The third-order valence-corrected chi connectivity index (χ3v) is 6.58. The van der Waals surface area contributed by atoms with Crippen LogP contribution < -0.4 is 4.74 Å². The Bertz CT molecular complexity index is 931. The normalized spacial score (nSPS) is 32.1. The van der Waals surface area contributed by atoms with Crippen molar-refractivity contribution in [3.63, 3.8) is 0 Å². The van der Waals surface area contributed by atoms with Crippen molar-refractivity contribution in [1.82, 2.24) is 0 Å². The van der Waals surface area contributed by atoms with Crippen LogP contribution in [-0.2, 0) is 26.4 Å². The molecule has 0 aliphatic carbocycles. The molecule has 2 fully saturated rings. The highest BCUT2D eigenvalue weighted by atomic mass is 35.5. The van der Waals surface area contributed by atoms with Crippen molar-refractivity contribution in [2.45, 2.75) is 49.1 Å². The van der Waals surface area contributed by atoms with Crippen LogP contribution in [0.1, 0.15) is 23.1 Å². The number of ether oxygens (including phenoxy) is 4. The van der Waals surface area contributed by atoms with Gasteiger partial charge in [0.2, 0.25) is 5.79 Å². The molecule has 0 radical (unpaired) electrons. The lowest BCUT2D eigenvalue weighted by molar-refractivity contribution is -0.366. The molecule has 2 heterocycles. The summed E-state index contributed by atoms with van der Waals surface area (Å²) in [7, 11) is 1.32. The first-order valence-corrected chi connectivity index (χ1v) is 11.3. The molecule has 2 aliphatic rings. The van der Waals surface area contributed by atoms with Gasteiger partial charge in [0, 0.05) is 24.1 Å². The van der Waals surface area contributed by atoms with E-state index in [9.17, 15) is 20.4 Å². The van der Waals surface area contributed by atoms with Gasteiger partial charge in [0.15, 0.2) is 0 Å². The highest BCUT2D eigenvalue weighted by molar-refractivity contribution is 6.31. The van der Waals surface area contributed by atoms with Gasteiger partial charge in [-0.05, 0) is 41.8 Å². The molecule has 1 unspecified atom stereocenters. The highest BCUT2D eigenvalue weighted by Gasteiger charge is 2.55. The Morgan fingerprint density at radius 3 is 2.48 bits per heavy atom. The summed E-state index contributed by atoms with van der Waals surface area (Å²) in [6, 6.07) is 12.7. The van der Waals surface area contributed by atoms with Gasteiger partial charge in [-0.2, -0.15) is 0 Å². The van der Waals surface area contributed by atoms with Gasteiger partial charge >= 0.3 is 0 Å². The maximum atomic E-state index is 10.7. The molecular formula is C24H29ClO8. The van der Waals surface area contributed by atoms with Gasteiger partial charge in [-0.3, -0.25) is 0 Å². The van der Waals surface area contributed by atoms with E-state index in [1.165, 1.54) is 7.11 Å². The van der Waals surface area contributed by atoms with Crippen LogP contribution in [0.5, 0.6) is 5.75 Å². The third-order valence-electron chi connectivity index (χ3n) is 6.21. The third kappa shape index (κ3) is 4.89. The Balaban J connectivity index is 1.57. The van der Waals surface area contributed by atoms with E-state index in [4.69, 9.17) is 30.5 Å². The molecular weight excluding hydrogens is 452 g/mol. The minimum Gasteiger partial charge on any atom is -0.488 e. The molecule has 2 aliphatic heterocycles. The quantitative estimate of drug-likeness (QED) is 0.469. The first-order valence-electron chi connectivity index (χ1n) is 10.9. The van der Waals surface area contributed by atoms with E-state index < -0.39 is 36.8 Å². The number of aliphatic hydroxyl groups is 4. The van der Waals surface area contributed by atoms with Gasteiger partial charge in [0.25, 0.3) is 0 Å². The highest BCUT2D eigenvalue weighted by Crippen LogP contribution is 2.40. The van der Waals surface area contributed by atoms with Crippen molar-refractivity contribution in [2.75, 3.05) is 26.9 Å². The largest absolute Gasteiger partial charge is 0.488 e. The summed E-state index contributed by atoms with van der Waals surface area (Å²) in [6.45, 7) is 0.758. The molecule has 6 atom stereocenters. The second-order valence-corrected chi connectivity index (χ2v) is 8.77. The molecule has 0 amide bonds. The number of rotatable bonds is 7. The predicted molar refractivity (Wildman–Crippen MR) is 119 cm³/mol. The van der Waals surface area contributed by atoms with Gasteiger partial charge in [-0.25, -0.2) is 0 Å². The van der Waals surface area contributed by atoms with Crippen molar-refractivity contribution < 1.29 is 39.4 Å². The lowest BCUT2D eigenvalue weighted by atomic mass is 9.87. The smallest absolute Gasteiger partial charge is 0.224 e. The monoisotopic (exact) mass is 480 g/mol. The fraction of sp³-hybridized carbons (Fsp3) is 0.500. The van der Waals surface area contributed by atoms with Crippen LogP contribution in [0.3, 0.4) is 0 Å². The van der Waals surface area contributed by atoms with E-state index in [1.807, 2.05) is 24.3 Å². The molecule has 4 rings (SSSR count). The summed E-state index contributed by atoms with van der Waals surface area (Å²) in [4.78, 5) is 0. The van der Waals surface area contributed by atoms with Crippen molar-refractivity contribution in [3.05, 3.63) is 64.2 Å². The first-order chi connectivity index (χ1) is 15.9. The van der Waals surface area contributed by atoms with Gasteiger partial charge in [0.05, 0.1) is 19.8 Å². The fourth-order valence-electron chi connectivity index (χ4n) is 4.30. The summed E-state index contributed by atoms with van der Waals surface area (Å²) in [5.74, 6) is -1.01. The van der Waals surface area contributed by atoms with Crippen LogP contribution >= 0.6 is 11.6 Å². The van der Waals surface area contributed by atoms with E-state index in [0.29, 0.717) is 30.2 Å². The van der Waals surface area contributed by atoms with Crippen LogP contribution in [0, 0.1) is 0 Å². The summed E-state index contributed by atoms with van der Waals surface area (Å²) in [6.07, 6.45) is -4.33. The Labute approximate surface area is 197 Å². The Morgan fingerprint density at radius 1 is 1.09 bits per heavy atom. The summed E-state index contributed by atoms with van der Waals surface area (Å²) in [5, 5.41) is 41.3. The zero-order chi connectivity index (χ0) is 23.6. The molecule has 2 aromatic carbocycles. The van der Waals surface area contributed by atoms with Gasteiger partial charge in [-0.15, -0.1) is 0 Å². The van der Waals surface area contributed by atoms with Crippen molar-refractivity contribution in [2.24, 2.45) is 0 Å². The average Bonchev–Trinajstić information content (AvgIpc) is 3.34. The number of hydrogen-bond donors (Lipinski definition) is 4. The maximum absolute atomic E-state index is 10.7. The van der Waals surface area contributed by atoms with Crippen molar-refractivity contribution >= 4 is 11.6 Å². The number of hydrogen-bond acceptors (Lipinski definition) is 8. The number of methoxy groups -OCH3 is 1. The molecule has 33 heavy (non-hydrogen) atoms. The zero-order valence-corrected chi connectivity index (χ0v) is 19.0. The minimum atomic E-state index is -1.79. The molecule has 9 heteroatoms. The Hall–Kier alpha value is -1.75. The Kier molecular flexibility index (Phi) is 7.57. The standard InChI is InChI=1S/C24H29ClO8/c1-30-24(23(29)22(28)21(27)20(12-26)33-24)16-4-7-19(25)15(11-16)10-14-2-5-17(6-3-14)32-18-8-9-31-13-18/h2-7,11,18,20-23,26-29H,8-10,12-13H2,1H3/t18-,20-,21+,22-,23+,24?/m0/s1. The predicted octanol–water partition coefficient (Wildman–Crippen LogP) is 1.37. The zero-order valence-electron chi connectivity index (χ0n) is 18.3. The first kappa shape index (κ1) is 24.4. The van der Waals surface area contributed by atoms with E-state index in [2.05, 4.69) is 0 Å². The molecule has 8 nitrogen and oxygen atoms in total. The van der Waals surface area contributed by atoms with Crippen molar-refractivity contribution in [3.8, 4) is 5.75 Å². The number of benzene rings is 2. The average molecular weight is 481 g/mol. The van der Waals surface area contributed by atoms with Crippen LogP contribution in [0.15, 0.2) is 42.5 Å². The second kappa shape index (κ2) is 10.2. The maximum Gasteiger partial charge on any atom is 0.224 e. The molecule has 0 spiro atoms. The van der Waals surface area contributed by atoms with E-state index in [1.54, 1.807) is 18.2 Å². The summed E-state index contributed by atoms with van der Waals surface area (Å²) in [5.41, 5.74) is 2.15. The lowest BCUT2D eigenvalue weighted by Gasteiger charge is -2.47. The SMILES string of the molecule is COC1(c2ccc(Cl)c(Cc3ccc(O[C@H]4CCOC4)cc3)c2)O[C@@H](CO)[C@@H](O)[C@H](O)[C@H]1O. The molecule has 180 valence electrons. The summed E-state index contributed by atoms with van der Waals surface area (Å²) >= 11 is 6.45. The lowest BCUT2D eigenvalue weighted by Crippen LogP contribution is -2.64. The van der Waals surface area contributed by atoms with Crippen molar-refractivity contribution in [1.29, 1.82) is 0 Å². The van der Waals surface area contributed by atoms with Crippen LogP contribution in [0.25, 0.3) is 0 Å². The number of aliphatic hydroxyl groups excluding tert-OH is 4. The minimum absolute atomic E-state index is 0.0748. The van der Waals surface area contributed by atoms with Crippen LogP contribution in [0.4, 0.5) is 0 Å².